The average Bonchev–Trinajstić information content (AvgIpc) is 3.64. The lowest BCUT2D eigenvalue weighted by Crippen LogP contribution is -2.35. The highest BCUT2D eigenvalue weighted by Gasteiger charge is 2.27. The first-order chi connectivity index (χ1) is 29.2. The maximum Gasteiger partial charge on any atom is 0.308 e. The van der Waals surface area contributed by atoms with E-state index in [1.807, 2.05) is 0 Å². The fourth-order valence-corrected chi connectivity index (χ4v) is 7.26. The fraction of sp³-hybridized carbons (Fsp3) is 0.227. The Kier molecular flexibility index (Phi) is 14.4. The van der Waals surface area contributed by atoms with Crippen LogP contribution in [0.2, 0.25) is 10.0 Å². The van der Waals surface area contributed by atoms with E-state index in [2.05, 4.69) is 10.6 Å². The third-order valence-electron chi connectivity index (χ3n) is 9.97. The summed E-state index contributed by atoms with van der Waals surface area (Å²) in [5, 5.41) is 43.2. The van der Waals surface area contributed by atoms with E-state index in [-0.39, 0.29) is 69.9 Å². The van der Waals surface area contributed by atoms with Crippen molar-refractivity contribution in [3.8, 4) is 11.5 Å². The van der Waals surface area contributed by atoms with Crippen LogP contribution in [0.25, 0.3) is 21.8 Å². The summed E-state index contributed by atoms with van der Waals surface area (Å²) in [6.45, 7) is 6.03. The van der Waals surface area contributed by atoms with Gasteiger partial charge in [0.2, 0.25) is 11.8 Å². The van der Waals surface area contributed by atoms with Crippen molar-refractivity contribution >= 4 is 80.6 Å². The molecule has 0 radical (unpaired) electrons. The van der Waals surface area contributed by atoms with Gasteiger partial charge in [0.25, 0.3) is 11.8 Å². The molecule has 0 aliphatic heterocycles. The van der Waals surface area contributed by atoms with Crippen molar-refractivity contribution in [2.24, 2.45) is 5.92 Å². The molecule has 2 unspecified atom stereocenters. The van der Waals surface area contributed by atoms with Gasteiger partial charge in [-0.1, -0.05) is 42.3 Å². The Bertz CT molecular complexity index is 2780. The highest BCUT2D eigenvalue weighted by molar-refractivity contribution is 6.31. The monoisotopic (exact) mass is 892 g/mol. The Morgan fingerprint density at radius 2 is 1.11 bits per heavy atom. The van der Waals surface area contributed by atoms with Crippen LogP contribution < -0.4 is 10.6 Å². The van der Waals surface area contributed by atoms with E-state index in [4.69, 9.17) is 33.4 Å². The molecule has 6 N–H and O–H groups in total. The van der Waals surface area contributed by atoms with E-state index in [1.165, 1.54) is 47.2 Å². The Balaban J connectivity index is 0.000000234. The van der Waals surface area contributed by atoms with E-state index < -0.39 is 70.7 Å². The number of aromatic nitrogens is 2. The molecule has 2 aromatic heterocycles. The zero-order valence-corrected chi connectivity index (χ0v) is 35.1. The lowest BCUT2D eigenvalue weighted by Gasteiger charge is -2.12. The molecule has 0 spiro atoms. The Morgan fingerprint density at radius 1 is 0.677 bits per heavy atom. The predicted molar refractivity (Wildman–Crippen MR) is 226 cm³/mol. The SMILES string of the molecule is Cc1c(CC(=O)NC(C)CC(=O)O)c2c(F)c(O)ccc2n1C(=O)c1cccc(Cl)c1.Cc1c(CC(=O)NCC(C)C(=O)O)c2c(F)c(O)ccc2n1C(=O)c1cccc(Cl)c1. The number of halogens is 4. The van der Waals surface area contributed by atoms with E-state index in [9.17, 15) is 47.8 Å². The van der Waals surface area contributed by atoms with Crippen molar-refractivity contribution in [3.05, 3.63) is 128 Å². The van der Waals surface area contributed by atoms with Gasteiger partial charge in [0, 0.05) is 55.9 Å². The molecule has 14 nitrogen and oxygen atoms in total. The number of rotatable bonds is 12. The maximum absolute atomic E-state index is 14.9. The number of carboxylic acid groups (broad SMARTS) is 2. The molecule has 2 amide bonds. The molecule has 0 saturated heterocycles. The molecule has 6 aromatic rings. The zero-order valence-electron chi connectivity index (χ0n) is 33.6. The van der Waals surface area contributed by atoms with Gasteiger partial charge in [-0.2, -0.15) is 0 Å². The molecule has 324 valence electrons. The molecule has 0 saturated carbocycles. The second-order valence-corrected chi connectivity index (χ2v) is 15.4. The van der Waals surface area contributed by atoms with Gasteiger partial charge in [0.15, 0.2) is 23.1 Å². The predicted octanol–water partition coefficient (Wildman–Crippen LogP) is 7.17. The van der Waals surface area contributed by atoms with Crippen molar-refractivity contribution < 1.29 is 58.0 Å². The van der Waals surface area contributed by atoms with Crippen LogP contribution in [-0.4, -0.2) is 77.7 Å². The summed E-state index contributed by atoms with van der Waals surface area (Å²) in [6.07, 6.45) is -0.873. The van der Waals surface area contributed by atoms with Gasteiger partial charge in [0.05, 0.1) is 36.2 Å². The summed E-state index contributed by atoms with van der Waals surface area (Å²) < 4.78 is 32.2. The van der Waals surface area contributed by atoms with Crippen LogP contribution in [0, 0.1) is 31.4 Å². The van der Waals surface area contributed by atoms with Crippen LogP contribution in [0.15, 0.2) is 72.8 Å². The van der Waals surface area contributed by atoms with Crippen molar-refractivity contribution in [2.75, 3.05) is 6.54 Å². The standard InChI is InChI=1S/2C22H20ClFN2O5/c1-11(22(30)31)10-25-18(28)9-15-12(2)26(16-6-7-17(27)20(24)19(15)16)21(29)13-4-3-5-14(23)8-13;1-11(8-19(29)30)25-18(28)10-15-12(2)26(16-6-7-17(27)21(24)20(15)16)22(31)13-4-3-5-14(23)9-13/h3-8,11,27H,9-10H2,1-2H3,(H,25,28)(H,30,31);3-7,9,11,27H,8,10H2,1-2H3,(H,25,28)(H,29,30). The van der Waals surface area contributed by atoms with Gasteiger partial charge in [-0.3, -0.25) is 37.9 Å². The van der Waals surface area contributed by atoms with Crippen LogP contribution in [0.3, 0.4) is 0 Å². The number of nitrogens with zero attached hydrogens (tertiary/aromatic N) is 2. The lowest BCUT2D eigenvalue weighted by atomic mass is 10.1. The van der Waals surface area contributed by atoms with E-state index in [0.29, 0.717) is 21.4 Å². The van der Waals surface area contributed by atoms with Crippen LogP contribution in [0.5, 0.6) is 11.5 Å². The Morgan fingerprint density at radius 3 is 1.52 bits per heavy atom. The first kappa shape index (κ1) is 46.3. The van der Waals surface area contributed by atoms with Gasteiger partial charge >= 0.3 is 11.9 Å². The molecule has 2 atom stereocenters. The minimum atomic E-state index is -1.07. The molecule has 0 bridgehead atoms. The highest BCUT2D eigenvalue weighted by atomic mass is 35.5. The number of aromatic hydroxyl groups is 2. The van der Waals surface area contributed by atoms with Gasteiger partial charge in [-0.15, -0.1) is 0 Å². The molecule has 2 heterocycles. The topological polar surface area (TPSA) is 217 Å². The molecule has 0 aliphatic carbocycles. The summed E-state index contributed by atoms with van der Waals surface area (Å²) in [7, 11) is 0. The van der Waals surface area contributed by atoms with Gasteiger partial charge in [-0.25, -0.2) is 8.78 Å². The number of hydrogen-bond acceptors (Lipinski definition) is 8. The summed E-state index contributed by atoms with van der Waals surface area (Å²) in [5.74, 6) is -8.04. The average molecular weight is 894 g/mol. The second kappa shape index (κ2) is 19.3. The van der Waals surface area contributed by atoms with Crippen molar-refractivity contribution in [2.45, 2.75) is 53.0 Å². The number of phenolic OH excluding ortho intramolecular Hbond substituents is 2. The first-order valence-electron chi connectivity index (χ1n) is 18.9. The maximum atomic E-state index is 14.9. The number of carbonyl (C=O) groups is 6. The smallest absolute Gasteiger partial charge is 0.308 e. The zero-order chi connectivity index (χ0) is 45.7. The van der Waals surface area contributed by atoms with E-state index in [1.54, 1.807) is 50.2 Å². The summed E-state index contributed by atoms with van der Waals surface area (Å²) in [4.78, 5) is 73.0. The molecule has 0 aliphatic rings. The molecular weight excluding hydrogens is 853 g/mol. The minimum absolute atomic E-state index is 0.0469. The molecule has 0 fully saturated rings. The second-order valence-electron chi connectivity index (χ2n) is 14.5. The third kappa shape index (κ3) is 10.0. The van der Waals surface area contributed by atoms with Gasteiger partial charge in [-0.05, 0) is 92.6 Å². The number of phenols is 2. The summed E-state index contributed by atoms with van der Waals surface area (Å²) >= 11 is 12.0. The molecule has 6 rings (SSSR count). The van der Waals surface area contributed by atoms with Crippen LogP contribution in [0.1, 0.15) is 63.5 Å². The number of amides is 2. The fourth-order valence-electron chi connectivity index (χ4n) is 6.88. The number of fused-ring (bicyclic) bond motifs is 2. The Labute approximate surface area is 362 Å². The highest BCUT2D eigenvalue weighted by Crippen LogP contribution is 2.35. The van der Waals surface area contributed by atoms with Crippen molar-refractivity contribution in [3.63, 3.8) is 0 Å². The van der Waals surface area contributed by atoms with E-state index in [0.717, 1.165) is 12.1 Å². The number of nitrogens with one attached hydrogen (secondary N) is 2. The lowest BCUT2D eigenvalue weighted by molar-refractivity contribution is -0.141. The number of carboxylic acids is 2. The third-order valence-corrected chi connectivity index (χ3v) is 10.4. The van der Waals surface area contributed by atoms with Crippen molar-refractivity contribution in [1.82, 2.24) is 19.8 Å². The first-order valence-corrected chi connectivity index (χ1v) is 19.6. The Hall–Kier alpha value is -6.78. The van der Waals surface area contributed by atoms with Crippen molar-refractivity contribution in [1.29, 1.82) is 0 Å². The molecular formula is C44H40Cl2F2N4O10. The van der Waals surface area contributed by atoms with Crippen LogP contribution >= 0.6 is 23.2 Å². The van der Waals surface area contributed by atoms with Crippen LogP contribution in [0.4, 0.5) is 8.78 Å². The minimum Gasteiger partial charge on any atom is -0.505 e. The molecule has 4 aromatic carbocycles. The van der Waals surface area contributed by atoms with Gasteiger partial charge < -0.3 is 31.1 Å². The number of carbonyl (C=O) groups excluding carboxylic acids is 4. The van der Waals surface area contributed by atoms with E-state index >= 15 is 0 Å². The normalized spacial score (nSPS) is 12.0. The van der Waals surface area contributed by atoms with Crippen LogP contribution in [-0.2, 0) is 32.0 Å². The number of benzene rings is 4. The quantitative estimate of drug-likeness (QED) is 0.0728. The summed E-state index contributed by atoms with van der Waals surface area (Å²) in [6, 6.07) is 17.0. The summed E-state index contributed by atoms with van der Waals surface area (Å²) in [5.41, 5.74) is 2.02. The molecule has 18 heteroatoms. The van der Waals surface area contributed by atoms with Gasteiger partial charge in [0.1, 0.15) is 0 Å². The number of aliphatic carboxylic acids is 2. The largest absolute Gasteiger partial charge is 0.505 e. The number of hydrogen-bond donors (Lipinski definition) is 6. The molecule has 62 heavy (non-hydrogen) atoms.